The van der Waals surface area contributed by atoms with E-state index in [1.165, 1.54) is 16.4 Å². The fourth-order valence-electron chi connectivity index (χ4n) is 3.13. The zero-order valence-corrected chi connectivity index (χ0v) is 16.3. The maximum atomic E-state index is 12.8. The summed E-state index contributed by atoms with van der Waals surface area (Å²) in [5, 5.41) is 17.6. The number of hydrogen-bond acceptors (Lipinski definition) is 6. The molecule has 0 bridgehead atoms. The van der Waals surface area contributed by atoms with Gasteiger partial charge in [-0.1, -0.05) is 18.2 Å². The number of benzene rings is 2. The Morgan fingerprint density at radius 3 is 2.96 bits per heavy atom. The number of fused-ring (bicyclic) bond motifs is 1. The highest BCUT2D eigenvalue weighted by Gasteiger charge is 2.15. The number of thiophene rings is 1. The van der Waals surface area contributed by atoms with Crippen LogP contribution in [0, 0.1) is 0 Å². The second-order valence-electron chi connectivity index (χ2n) is 6.50. The van der Waals surface area contributed by atoms with Crippen LogP contribution in [0.5, 0.6) is 0 Å². The van der Waals surface area contributed by atoms with Gasteiger partial charge in [0.2, 0.25) is 0 Å². The molecule has 0 aliphatic carbocycles. The minimum atomic E-state index is -0.168. The summed E-state index contributed by atoms with van der Waals surface area (Å²) in [5.41, 5.74) is 3.27. The van der Waals surface area contributed by atoms with Gasteiger partial charge in [-0.3, -0.25) is 4.79 Å². The van der Waals surface area contributed by atoms with Gasteiger partial charge in [-0.25, -0.2) is 4.68 Å². The van der Waals surface area contributed by atoms with Gasteiger partial charge in [0.1, 0.15) is 6.33 Å². The number of carbonyl (C=O) groups excluding carboxylic acids is 1. The number of amides is 1. The van der Waals surface area contributed by atoms with E-state index in [9.17, 15) is 4.79 Å². The summed E-state index contributed by atoms with van der Waals surface area (Å²) in [4.78, 5) is 12.8. The van der Waals surface area contributed by atoms with Crippen LogP contribution in [0.4, 0.5) is 0 Å². The summed E-state index contributed by atoms with van der Waals surface area (Å²) in [5.74, 6) is -0.168. The number of rotatable bonds is 6. The molecule has 0 radical (unpaired) electrons. The maximum Gasteiger partial charge on any atom is 0.251 e. The molecular formula is C20H19N5O2S. The average Bonchev–Trinajstić information content (AvgIpc) is 3.39. The third kappa shape index (κ3) is 3.64. The highest BCUT2D eigenvalue weighted by Crippen LogP contribution is 2.34. The Bertz CT molecular complexity index is 1110. The monoisotopic (exact) mass is 393 g/mol. The Morgan fingerprint density at radius 1 is 1.29 bits per heavy atom. The maximum absolute atomic E-state index is 12.8. The Labute approximate surface area is 166 Å². The molecule has 142 valence electrons. The smallest absolute Gasteiger partial charge is 0.251 e. The number of carbonyl (C=O) groups is 1. The Morgan fingerprint density at radius 2 is 2.18 bits per heavy atom. The third-order valence-electron chi connectivity index (χ3n) is 4.38. The second kappa shape index (κ2) is 7.87. The van der Waals surface area contributed by atoms with Crippen molar-refractivity contribution in [2.75, 3.05) is 13.7 Å². The van der Waals surface area contributed by atoms with Gasteiger partial charge in [0.25, 0.3) is 5.91 Å². The van der Waals surface area contributed by atoms with Crippen molar-refractivity contribution >= 4 is 27.3 Å². The molecule has 8 heteroatoms. The largest absolute Gasteiger partial charge is 0.383 e. The lowest BCUT2D eigenvalue weighted by Gasteiger charge is -2.14. The van der Waals surface area contributed by atoms with E-state index >= 15 is 0 Å². The first kappa shape index (κ1) is 18.3. The van der Waals surface area contributed by atoms with Gasteiger partial charge < -0.3 is 10.1 Å². The van der Waals surface area contributed by atoms with Crippen molar-refractivity contribution in [2.24, 2.45) is 0 Å². The third-order valence-corrected chi connectivity index (χ3v) is 5.34. The number of methoxy groups -OCH3 is 1. The van der Waals surface area contributed by atoms with Gasteiger partial charge in [-0.05, 0) is 63.5 Å². The van der Waals surface area contributed by atoms with Crippen LogP contribution in [0.25, 0.3) is 26.9 Å². The first-order valence-corrected chi connectivity index (χ1v) is 9.68. The molecule has 0 saturated heterocycles. The molecule has 2 aromatic carbocycles. The van der Waals surface area contributed by atoms with Crippen LogP contribution < -0.4 is 5.32 Å². The van der Waals surface area contributed by atoms with Crippen LogP contribution in [-0.4, -0.2) is 45.9 Å². The van der Waals surface area contributed by atoms with E-state index in [2.05, 4.69) is 44.4 Å². The van der Waals surface area contributed by atoms with Crippen molar-refractivity contribution in [2.45, 2.75) is 13.0 Å². The van der Waals surface area contributed by atoms with Gasteiger partial charge in [0.15, 0.2) is 0 Å². The molecule has 28 heavy (non-hydrogen) atoms. The number of nitrogens with zero attached hydrogens (tertiary/aromatic N) is 4. The highest BCUT2D eigenvalue weighted by atomic mass is 32.1. The molecule has 1 atom stereocenters. The normalized spacial score (nSPS) is 12.2. The van der Waals surface area contributed by atoms with Gasteiger partial charge in [-0.15, -0.1) is 16.4 Å². The molecule has 2 aromatic heterocycles. The van der Waals surface area contributed by atoms with Crippen molar-refractivity contribution in [3.05, 3.63) is 59.7 Å². The highest BCUT2D eigenvalue weighted by molar-refractivity contribution is 7.17. The molecule has 4 aromatic rings. The van der Waals surface area contributed by atoms with Crippen molar-refractivity contribution < 1.29 is 9.53 Å². The number of nitrogens with one attached hydrogen (secondary N) is 1. The molecule has 1 amide bonds. The van der Waals surface area contributed by atoms with Crippen LogP contribution in [0.15, 0.2) is 54.2 Å². The average molecular weight is 393 g/mol. The van der Waals surface area contributed by atoms with E-state index in [0.717, 1.165) is 16.8 Å². The Balaban J connectivity index is 1.81. The predicted octanol–water partition coefficient (Wildman–Crippen LogP) is 3.31. The quantitative estimate of drug-likeness (QED) is 0.543. The van der Waals surface area contributed by atoms with E-state index in [4.69, 9.17) is 4.74 Å². The number of hydrogen-bond donors (Lipinski definition) is 1. The van der Waals surface area contributed by atoms with Gasteiger partial charge in [-0.2, -0.15) is 0 Å². The van der Waals surface area contributed by atoms with Crippen LogP contribution in [0.2, 0.25) is 0 Å². The predicted molar refractivity (Wildman–Crippen MR) is 109 cm³/mol. The van der Waals surface area contributed by atoms with Gasteiger partial charge >= 0.3 is 0 Å². The van der Waals surface area contributed by atoms with Gasteiger partial charge in [0, 0.05) is 23.4 Å². The molecule has 0 fully saturated rings. The Kier molecular flexibility index (Phi) is 5.14. The van der Waals surface area contributed by atoms with Gasteiger partial charge in [0.05, 0.1) is 12.3 Å². The summed E-state index contributed by atoms with van der Waals surface area (Å²) < 4.78 is 7.84. The molecule has 2 heterocycles. The SMILES string of the molecule is COCC(C)NC(=O)c1cc(-c2cccc3ccsc23)cc(-n2cnnn2)c1. The zero-order valence-electron chi connectivity index (χ0n) is 15.5. The fraction of sp³-hybridized carbons (Fsp3) is 0.200. The van der Waals surface area contributed by atoms with E-state index in [-0.39, 0.29) is 11.9 Å². The van der Waals surface area contributed by atoms with Crippen molar-refractivity contribution in [3.63, 3.8) is 0 Å². The van der Waals surface area contributed by atoms with E-state index in [1.54, 1.807) is 29.2 Å². The van der Waals surface area contributed by atoms with Crippen molar-refractivity contribution in [1.29, 1.82) is 0 Å². The topological polar surface area (TPSA) is 81.9 Å². The van der Waals surface area contributed by atoms with Crippen molar-refractivity contribution in [1.82, 2.24) is 25.5 Å². The zero-order chi connectivity index (χ0) is 19.5. The lowest BCUT2D eigenvalue weighted by molar-refractivity contribution is 0.0905. The molecule has 1 unspecified atom stereocenters. The summed E-state index contributed by atoms with van der Waals surface area (Å²) >= 11 is 1.68. The second-order valence-corrected chi connectivity index (χ2v) is 7.41. The molecule has 1 N–H and O–H groups in total. The van der Waals surface area contributed by atoms with Crippen LogP contribution >= 0.6 is 11.3 Å². The first-order chi connectivity index (χ1) is 13.7. The molecule has 0 spiro atoms. The molecule has 4 rings (SSSR count). The lowest BCUT2D eigenvalue weighted by atomic mass is 10.0. The molecule has 0 saturated carbocycles. The van der Waals surface area contributed by atoms with Crippen molar-refractivity contribution in [3.8, 4) is 16.8 Å². The standard InChI is InChI=1S/C20H19N5O2S/c1-13(11-27-2)22-20(26)16-8-15(9-17(10-16)25-12-21-23-24-25)18-5-3-4-14-6-7-28-19(14)18/h3-10,12-13H,11H2,1-2H3,(H,22,26). The minimum Gasteiger partial charge on any atom is -0.383 e. The molecule has 0 aliphatic heterocycles. The van der Waals surface area contributed by atoms with Crippen LogP contribution in [0.3, 0.4) is 0 Å². The summed E-state index contributed by atoms with van der Waals surface area (Å²) in [6, 6.07) is 13.8. The summed E-state index contributed by atoms with van der Waals surface area (Å²) in [6.07, 6.45) is 1.51. The van der Waals surface area contributed by atoms with E-state index < -0.39 is 0 Å². The summed E-state index contributed by atoms with van der Waals surface area (Å²) in [6.45, 7) is 2.35. The summed E-state index contributed by atoms with van der Waals surface area (Å²) in [7, 11) is 1.61. The molecule has 7 nitrogen and oxygen atoms in total. The van der Waals surface area contributed by atoms with E-state index in [1.807, 2.05) is 25.1 Å². The van der Waals surface area contributed by atoms with Crippen LogP contribution in [-0.2, 0) is 4.74 Å². The minimum absolute atomic E-state index is 0.0987. The fourth-order valence-corrected chi connectivity index (χ4v) is 4.06. The van der Waals surface area contributed by atoms with Crippen LogP contribution in [0.1, 0.15) is 17.3 Å². The molecule has 0 aliphatic rings. The van der Waals surface area contributed by atoms with E-state index in [0.29, 0.717) is 12.2 Å². The number of ether oxygens (including phenoxy) is 1. The number of tetrazole rings is 1. The lowest BCUT2D eigenvalue weighted by Crippen LogP contribution is -2.35. The Hall–Kier alpha value is -3.10. The first-order valence-electron chi connectivity index (χ1n) is 8.80. The number of aromatic nitrogens is 4. The molecular weight excluding hydrogens is 374 g/mol.